The van der Waals surface area contributed by atoms with Crippen molar-refractivity contribution in [3.63, 3.8) is 0 Å². The van der Waals surface area contributed by atoms with E-state index < -0.39 is 0 Å². The van der Waals surface area contributed by atoms with Gasteiger partial charge in [0.1, 0.15) is 17.4 Å². The summed E-state index contributed by atoms with van der Waals surface area (Å²) in [5, 5.41) is 4.94. The van der Waals surface area contributed by atoms with Crippen LogP contribution in [0.1, 0.15) is 20.3 Å². The Morgan fingerprint density at radius 2 is 2.16 bits per heavy atom. The fourth-order valence-corrected chi connectivity index (χ4v) is 2.18. The van der Waals surface area contributed by atoms with Crippen LogP contribution in [-0.4, -0.2) is 24.2 Å². The van der Waals surface area contributed by atoms with Crippen molar-refractivity contribution < 1.29 is 4.74 Å². The van der Waals surface area contributed by atoms with Gasteiger partial charge in [-0.1, -0.05) is 25.4 Å². The highest BCUT2D eigenvalue weighted by Gasteiger charge is 2.12. The fraction of sp³-hybridized carbons (Fsp3) is 0.400. The van der Waals surface area contributed by atoms with Gasteiger partial charge in [0.25, 0.3) is 0 Å². The van der Waals surface area contributed by atoms with Crippen LogP contribution in [0, 0.1) is 0 Å². The highest BCUT2D eigenvalue weighted by atomic mass is 35.5. The van der Waals surface area contributed by atoms with Crippen LogP contribution in [0.2, 0.25) is 5.02 Å². The fourth-order valence-electron chi connectivity index (χ4n) is 1.96. The lowest BCUT2D eigenvalue weighted by Gasteiger charge is -2.19. The van der Waals surface area contributed by atoms with Gasteiger partial charge in [0.15, 0.2) is 0 Å². The van der Waals surface area contributed by atoms with Crippen LogP contribution in [0.25, 0.3) is 10.9 Å². The van der Waals surface area contributed by atoms with E-state index in [9.17, 15) is 0 Å². The van der Waals surface area contributed by atoms with Crippen molar-refractivity contribution in [1.29, 1.82) is 0 Å². The van der Waals surface area contributed by atoms with Gasteiger partial charge in [-0.2, -0.15) is 0 Å². The Bertz CT molecular complexity index is 545. The number of pyridine rings is 1. The number of hydrogen-bond acceptors (Lipinski definition) is 3. The zero-order valence-corrected chi connectivity index (χ0v) is 12.1. The van der Waals surface area contributed by atoms with Crippen molar-refractivity contribution in [3.05, 3.63) is 35.5 Å². The minimum absolute atomic E-state index is 0.145. The molecule has 0 aliphatic rings. The van der Waals surface area contributed by atoms with Crippen LogP contribution in [0.5, 0.6) is 5.75 Å². The number of nitrogens with one attached hydrogen (secondary N) is 1. The summed E-state index contributed by atoms with van der Waals surface area (Å²) in [6.07, 6.45) is 2.85. The molecule has 102 valence electrons. The highest BCUT2D eigenvalue weighted by molar-refractivity contribution is 6.35. The molecule has 2 rings (SSSR count). The normalized spacial score (nSPS) is 12.6. The van der Waals surface area contributed by atoms with Gasteiger partial charge >= 0.3 is 0 Å². The third-order valence-corrected chi connectivity index (χ3v) is 3.38. The molecule has 1 N–H and O–H groups in total. The number of likely N-dealkylation sites (N-methyl/N-ethyl adjacent to an activating group) is 1. The summed E-state index contributed by atoms with van der Waals surface area (Å²) in [5.41, 5.74) is 0.824. The second-order valence-electron chi connectivity index (χ2n) is 4.40. The first-order valence-electron chi connectivity index (χ1n) is 6.66. The van der Waals surface area contributed by atoms with Gasteiger partial charge in [0.2, 0.25) is 0 Å². The lowest BCUT2D eigenvalue weighted by molar-refractivity contribution is 0.196. The Morgan fingerprint density at radius 3 is 2.89 bits per heavy atom. The summed E-state index contributed by atoms with van der Waals surface area (Å²) < 4.78 is 6.05. The Morgan fingerprint density at radius 1 is 1.32 bits per heavy atom. The van der Waals surface area contributed by atoms with E-state index in [1.807, 2.05) is 24.3 Å². The Kier molecular flexibility index (Phi) is 5.00. The Balaban J connectivity index is 2.27. The number of ether oxygens (including phenoxy) is 1. The SMILES string of the molecule is CCNCC(CC)Oc1ccc(Cl)c2cccnc12. The first-order chi connectivity index (χ1) is 9.26. The summed E-state index contributed by atoms with van der Waals surface area (Å²) in [5.74, 6) is 0.796. The van der Waals surface area contributed by atoms with E-state index in [-0.39, 0.29) is 6.10 Å². The summed E-state index contributed by atoms with van der Waals surface area (Å²) in [6, 6.07) is 7.60. The molecule has 4 heteroatoms. The number of benzene rings is 1. The number of hydrogen-bond donors (Lipinski definition) is 1. The van der Waals surface area contributed by atoms with Gasteiger partial charge in [0.05, 0.1) is 5.02 Å². The molecule has 0 aliphatic carbocycles. The van der Waals surface area contributed by atoms with Crippen LogP contribution >= 0.6 is 11.6 Å². The maximum atomic E-state index is 6.18. The van der Waals surface area contributed by atoms with E-state index in [1.165, 1.54) is 0 Å². The van der Waals surface area contributed by atoms with Gasteiger partial charge < -0.3 is 10.1 Å². The summed E-state index contributed by atoms with van der Waals surface area (Å²) in [6.45, 7) is 5.99. The largest absolute Gasteiger partial charge is 0.487 e. The third-order valence-electron chi connectivity index (χ3n) is 3.05. The molecule has 0 saturated carbocycles. The molecule has 0 amide bonds. The second-order valence-corrected chi connectivity index (χ2v) is 4.81. The molecule has 0 bridgehead atoms. The molecule has 1 heterocycles. The quantitative estimate of drug-likeness (QED) is 0.876. The van der Waals surface area contributed by atoms with Crippen LogP contribution in [-0.2, 0) is 0 Å². The number of fused-ring (bicyclic) bond motifs is 1. The molecule has 0 spiro atoms. The van der Waals surface area contributed by atoms with Crippen LogP contribution in [0.3, 0.4) is 0 Å². The van der Waals surface area contributed by atoms with Crippen molar-refractivity contribution >= 4 is 22.5 Å². The lowest BCUT2D eigenvalue weighted by Crippen LogP contribution is -2.30. The molecule has 2 aromatic rings. The summed E-state index contributed by atoms with van der Waals surface area (Å²) in [7, 11) is 0. The molecule has 0 saturated heterocycles. The molecular formula is C15H19ClN2O. The van der Waals surface area contributed by atoms with E-state index >= 15 is 0 Å². The van der Waals surface area contributed by atoms with Crippen molar-refractivity contribution in [3.8, 4) is 5.75 Å². The molecule has 1 unspecified atom stereocenters. The predicted molar refractivity (Wildman–Crippen MR) is 80.0 cm³/mol. The standard InChI is InChI=1S/C15H19ClN2O/c1-3-11(10-17-4-2)19-14-8-7-13(16)12-6-5-9-18-15(12)14/h5-9,11,17H,3-4,10H2,1-2H3. The van der Waals surface area contributed by atoms with Gasteiger partial charge in [-0.25, -0.2) is 0 Å². The maximum Gasteiger partial charge on any atom is 0.146 e. The number of aromatic nitrogens is 1. The number of nitrogens with zero attached hydrogens (tertiary/aromatic N) is 1. The molecule has 1 aromatic heterocycles. The third kappa shape index (κ3) is 3.37. The molecular weight excluding hydrogens is 260 g/mol. The number of rotatable bonds is 6. The predicted octanol–water partition coefficient (Wildman–Crippen LogP) is 3.66. The first-order valence-corrected chi connectivity index (χ1v) is 7.04. The van der Waals surface area contributed by atoms with Crippen LogP contribution in [0.15, 0.2) is 30.5 Å². The minimum Gasteiger partial charge on any atom is -0.487 e. The molecule has 1 atom stereocenters. The zero-order valence-electron chi connectivity index (χ0n) is 11.3. The van der Waals surface area contributed by atoms with Gasteiger partial charge in [-0.3, -0.25) is 4.98 Å². The minimum atomic E-state index is 0.145. The second kappa shape index (κ2) is 6.73. The summed E-state index contributed by atoms with van der Waals surface area (Å²) in [4.78, 5) is 4.38. The molecule has 3 nitrogen and oxygen atoms in total. The zero-order chi connectivity index (χ0) is 13.7. The van der Waals surface area contributed by atoms with Crippen molar-refractivity contribution in [2.45, 2.75) is 26.4 Å². The van der Waals surface area contributed by atoms with Crippen LogP contribution in [0.4, 0.5) is 0 Å². The van der Waals surface area contributed by atoms with Crippen LogP contribution < -0.4 is 10.1 Å². The summed E-state index contributed by atoms with van der Waals surface area (Å²) >= 11 is 6.18. The van der Waals surface area contributed by atoms with E-state index in [0.29, 0.717) is 5.02 Å². The molecule has 0 aliphatic heterocycles. The van der Waals surface area contributed by atoms with Gasteiger partial charge in [-0.05, 0) is 37.2 Å². The van der Waals surface area contributed by atoms with Crippen molar-refractivity contribution in [1.82, 2.24) is 10.3 Å². The van der Waals surface area contributed by atoms with Crippen molar-refractivity contribution in [2.75, 3.05) is 13.1 Å². The van der Waals surface area contributed by atoms with E-state index in [4.69, 9.17) is 16.3 Å². The van der Waals surface area contributed by atoms with Gasteiger partial charge in [-0.15, -0.1) is 0 Å². The Labute approximate surface area is 118 Å². The Hall–Kier alpha value is -1.32. The monoisotopic (exact) mass is 278 g/mol. The molecule has 0 fully saturated rings. The molecule has 1 aromatic carbocycles. The van der Waals surface area contributed by atoms with E-state index in [2.05, 4.69) is 24.1 Å². The molecule has 19 heavy (non-hydrogen) atoms. The van der Waals surface area contributed by atoms with Crippen molar-refractivity contribution in [2.24, 2.45) is 0 Å². The van der Waals surface area contributed by atoms with E-state index in [0.717, 1.165) is 36.2 Å². The highest BCUT2D eigenvalue weighted by Crippen LogP contribution is 2.30. The van der Waals surface area contributed by atoms with Gasteiger partial charge in [0, 0.05) is 18.1 Å². The molecule has 0 radical (unpaired) electrons. The van der Waals surface area contributed by atoms with E-state index in [1.54, 1.807) is 6.20 Å². The smallest absolute Gasteiger partial charge is 0.146 e. The first kappa shape index (κ1) is 14.1. The number of halogens is 1. The topological polar surface area (TPSA) is 34.1 Å². The average molecular weight is 279 g/mol. The average Bonchev–Trinajstić information content (AvgIpc) is 2.46. The lowest BCUT2D eigenvalue weighted by atomic mass is 10.2. The maximum absolute atomic E-state index is 6.18.